The van der Waals surface area contributed by atoms with E-state index >= 15 is 0 Å². The molecule has 0 unspecified atom stereocenters. The van der Waals surface area contributed by atoms with Gasteiger partial charge in [-0.25, -0.2) is 13.4 Å². The largest absolute Gasteiger partial charge is 0.347 e. The van der Waals surface area contributed by atoms with Gasteiger partial charge in [-0.3, -0.25) is 10.1 Å². The zero-order valence-electron chi connectivity index (χ0n) is 15.2. The Morgan fingerprint density at radius 2 is 1.83 bits per heavy atom. The maximum atomic E-state index is 13.0. The van der Waals surface area contributed by atoms with Crippen LogP contribution in [-0.4, -0.2) is 48.8 Å². The second-order valence-corrected chi connectivity index (χ2v) is 9.99. The van der Waals surface area contributed by atoms with Gasteiger partial charge in [-0.2, -0.15) is 4.31 Å². The smallest absolute Gasteiger partial charge is 0.269 e. The Kier molecular flexibility index (Phi) is 5.43. The van der Waals surface area contributed by atoms with E-state index in [1.807, 2.05) is 12.1 Å². The van der Waals surface area contributed by atoms with Crippen LogP contribution in [0, 0.1) is 10.1 Å². The van der Waals surface area contributed by atoms with Gasteiger partial charge in [0.05, 0.1) is 20.0 Å². The number of halogens is 1. The Hall–Kier alpha value is -2.27. The Balaban J connectivity index is 1.52. The molecular formula is C18H17ClN4O4S2. The number of aromatic nitrogens is 1. The third kappa shape index (κ3) is 4.06. The average molecular weight is 453 g/mol. The first kappa shape index (κ1) is 20.0. The molecule has 3 aromatic rings. The molecule has 8 nitrogen and oxygen atoms in total. The molecule has 0 atom stereocenters. The summed E-state index contributed by atoms with van der Waals surface area (Å²) in [7, 11) is -3.71. The maximum absolute atomic E-state index is 13.0. The minimum Gasteiger partial charge on any atom is -0.347 e. The molecule has 1 aromatic heterocycles. The van der Waals surface area contributed by atoms with Crippen molar-refractivity contribution < 1.29 is 13.3 Å². The van der Waals surface area contributed by atoms with E-state index in [0.29, 0.717) is 37.6 Å². The Bertz CT molecular complexity index is 1160. The van der Waals surface area contributed by atoms with Gasteiger partial charge >= 0.3 is 0 Å². The van der Waals surface area contributed by atoms with E-state index < -0.39 is 14.9 Å². The van der Waals surface area contributed by atoms with Crippen molar-refractivity contribution in [1.82, 2.24) is 9.29 Å². The number of thiazole rings is 1. The van der Waals surface area contributed by atoms with Gasteiger partial charge in [0, 0.05) is 43.3 Å². The van der Waals surface area contributed by atoms with Crippen LogP contribution in [0.1, 0.15) is 6.42 Å². The number of rotatable bonds is 4. The van der Waals surface area contributed by atoms with E-state index in [9.17, 15) is 18.5 Å². The quantitative estimate of drug-likeness (QED) is 0.441. The summed E-state index contributed by atoms with van der Waals surface area (Å²) in [5.41, 5.74) is 0.732. The number of benzene rings is 2. The predicted octanol–water partition coefficient (Wildman–Crippen LogP) is 3.76. The Morgan fingerprint density at radius 3 is 2.55 bits per heavy atom. The predicted molar refractivity (Wildman–Crippen MR) is 113 cm³/mol. The molecule has 2 aromatic carbocycles. The van der Waals surface area contributed by atoms with Gasteiger partial charge in [-0.15, -0.1) is 0 Å². The summed E-state index contributed by atoms with van der Waals surface area (Å²) < 4.78 is 28.3. The monoisotopic (exact) mass is 452 g/mol. The van der Waals surface area contributed by atoms with Crippen LogP contribution in [0.2, 0.25) is 5.02 Å². The van der Waals surface area contributed by atoms with E-state index in [0.717, 1.165) is 15.3 Å². The third-order valence-corrected chi connectivity index (χ3v) is 7.98. The van der Waals surface area contributed by atoms with Crippen LogP contribution >= 0.6 is 22.9 Å². The van der Waals surface area contributed by atoms with Gasteiger partial charge in [0.2, 0.25) is 10.0 Å². The van der Waals surface area contributed by atoms with Crippen LogP contribution in [0.15, 0.2) is 47.4 Å². The van der Waals surface area contributed by atoms with Crippen molar-refractivity contribution in [1.29, 1.82) is 0 Å². The lowest BCUT2D eigenvalue weighted by Crippen LogP contribution is -2.35. The zero-order valence-corrected chi connectivity index (χ0v) is 17.6. The molecule has 0 spiro atoms. The van der Waals surface area contributed by atoms with Gasteiger partial charge in [0.15, 0.2) is 5.13 Å². The number of sulfonamides is 1. The third-order valence-electron chi connectivity index (χ3n) is 4.75. The Morgan fingerprint density at radius 1 is 1.07 bits per heavy atom. The number of non-ortho nitro benzene ring substituents is 1. The van der Waals surface area contributed by atoms with E-state index in [1.165, 1.54) is 39.9 Å². The number of hydrogen-bond donors (Lipinski definition) is 0. The van der Waals surface area contributed by atoms with Crippen LogP contribution < -0.4 is 4.90 Å². The van der Waals surface area contributed by atoms with Crippen LogP contribution in [0.25, 0.3) is 10.2 Å². The van der Waals surface area contributed by atoms with Gasteiger partial charge < -0.3 is 4.90 Å². The molecule has 0 bridgehead atoms. The highest BCUT2D eigenvalue weighted by atomic mass is 35.5. The van der Waals surface area contributed by atoms with Crippen molar-refractivity contribution in [3.63, 3.8) is 0 Å². The second-order valence-electron chi connectivity index (χ2n) is 6.60. The number of nitro benzene ring substituents is 1. The number of nitrogens with zero attached hydrogens (tertiary/aromatic N) is 4. The molecule has 152 valence electrons. The molecule has 0 aliphatic carbocycles. The minimum atomic E-state index is -3.71. The number of anilines is 1. The molecule has 29 heavy (non-hydrogen) atoms. The van der Waals surface area contributed by atoms with Crippen LogP contribution in [0.5, 0.6) is 0 Å². The van der Waals surface area contributed by atoms with Gasteiger partial charge in [-0.1, -0.05) is 22.9 Å². The molecule has 1 saturated heterocycles. The van der Waals surface area contributed by atoms with Crippen molar-refractivity contribution in [2.24, 2.45) is 0 Å². The maximum Gasteiger partial charge on any atom is 0.269 e. The van der Waals surface area contributed by atoms with Gasteiger partial charge in [-0.05, 0) is 36.8 Å². The lowest BCUT2D eigenvalue weighted by molar-refractivity contribution is -0.384. The highest BCUT2D eigenvalue weighted by Gasteiger charge is 2.28. The van der Waals surface area contributed by atoms with Gasteiger partial charge in [0.25, 0.3) is 5.69 Å². The fourth-order valence-corrected chi connectivity index (χ4v) is 6.00. The molecule has 0 amide bonds. The lowest BCUT2D eigenvalue weighted by Gasteiger charge is -2.21. The zero-order chi connectivity index (χ0) is 20.6. The van der Waals surface area contributed by atoms with Crippen LogP contribution in [-0.2, 0) is 10.0 Å². The molecule has 4 rings (SSSR count). The van der Waals surface area contributed by atoms with Crippen molar-refractivity contribution in [3.05, 3.63) is 57.6 Å². The highest BCUT2D eigenvalue weighted by Crippen LogP contribution is 2.31. The van der Waals surface area contributed by atoms with Gasteiger partial charge in [0.1, 0.15) is 0 Å². The fraction of sp³-hybridized carbons (Fsp3) is 0.278. The first-order valence-corrected chi connectivity index (χ1v) is 11.5. The minimum absolute atomic E-state index is 0.0613. The van der Waals surface area contributed by atoms with E-state index in [-0.39, 0.29) is 10.6 Å². The summed E-state index contributed by atoms with van der Waals surface area (Å²) in [4.78, 5) is 17.0. The molecule has 1 fully saturated rings. The number of hydrogen-bond acceptors (Lipinski definition) is 7. The first-order chi connectivity index (χ1) is 13.8. The van der Waals surface area contributed by atoms with Crippen LogP contribution in [0.4, 0.5) is 10.8 Å². The molecule has 1 aliphatic heterocycles. The molecule has 1 aliphatic rings. The number of fused-ring (bicyclic) bond motifs is 1. The van der Waals surface area contributed by atoms with Crippen molar-refractivity contribution in [2.45, 2.75) is 11.3 Å². The molecule has 2 heterocycles. The SMILES string of the molecule is O=[N+]([O-])c1ccc(S(=O)(=O)N2CCCN(c3nc4ccc(Cl)cc4s3)CC2)cc1. The van der Waals surface area contributed by atoms with E-state index in [2.05, 4.69) is 9.88 Å². The molecule has 0 radical (unpaired) electrons. The lowest BCUT2D eigenvalue weighted by atomic mass is 10.3. The van der Waals surface area contributed by atoms with Crippen molar-refractivity contribution in [3.8, 4) is 0 Å². The molecule has 11 heteroatoms. The van der Waals surface area contributed by atoms with E-state index in [4.69, 9.17) is 11.6 Å². The second kappa shape index (κ2) is 7.86. The summed E-state index contributed by atoms with van der Waals surface area (Å²) in [6.07, 6.45) is 0.656. The normalized spacial score (nSPS) is 16.1. The van der Waals surface area contributed by atoms with Crippen molar-refractivity contribution in [2.75, 3.05) is 31.1 Å². The van der Waals surface area contributed by atoms with E-state index in [1.54, 1.807) is 6.07 Å². The fourth-order valence-electron chi connectivity index (χ4n) is 3.24. The molecule has 0 saturated carbocycles. The van der Waals surface area contributed by atoms with Crippen molar-refractivity contribution >= 4 is 54.0 Å². The summed E-state index contributed by atoms with van der Waals surface area (Å²) in [6, 6.07) is 10.5. The topological polar surface area (TPSA) is 96.6 Å². The first-order valence-electron chi connectivity index (χ1n) is 8.90. The summed E-state index contributed by atoms with van der Waals surface area (Å²) in [5.74, 6) is 0. The standard InChI is InChI=1S/C18H17ClN4O4S2/c19-13-2-7-16-17(12-13)28-18(20-16)21-8-1-9-22(11-10-21)29(26,27)15-5-3-14(4-6-15)23(24)25/h2-7,12H,1,8-11H2. The summed E-state index contributed by atoms with van der Waals surface area (Å²) >= 11 is 7.58. The highest BCUT2D eigenvalue weighted by molar-refractivity contribution is 7.89. The number of nitro groups is 1. The average Bonchev–Trinajstić information content (AvgIpc) is 2.94. The summed E-state index contributed by atoms with van der Waals surface area (Å²) in [5, 5.41) is 12.3. The summed E-state index contributed by atoms with van der Waals surface area (Å²) in [6.45, 7) is 1.90. The molecule has 0 N–H and O–H groups in total. The Labute approximate surface area is 176 Å². The molecular weight excluding hydrogens is 436 g/mol. The van der Waals surface area contributed by atoms with Crippen LogP contribution in [0.3, 0.4) is 0 Å².